The van der Waals surface area contributed by atoms with Gasteiger partial charge < -0.3 is 15.4 Å². The number of rotatable bonds is 4. The summed E-state index contributed by atoms with van der Waals surface area (Å²) in [6, 6.07) is 0. The van der Waals surface area contributed by atoms with E-state index in [1.807, 2.05) is 0 Å². The van der Waals surface area contributed by atoms with Crippen molar-refractivity contribution >= 4 is 5.91 Å². The molecule has 4 unspecified atom stereocenters. The van der Waals surface area contributed by atoms with Gasteiger partial charge >= 0.3 is 0 Å². The van der Waals surface area contributed by atoms with E-state index in [-0.39, 0.29) is 0 Å². The molecule has 3 aliphatic carbocycles. The molecule has 0 aromatic carbocycles. The number of ether oxygens (including phenoxy) is 1. The Kier molecular flexibility index (Phi) is 3.26. The maximum Gasteiger partial charge on any atom is 0.226 e. The second kappa shape index (κ2) is 4.99. The standard InChI is InChI=1S/C16H26N2O2/c17-5-8-20-12-3-6-18(7-4-12)16(19)15-13-10-1-2-11(9-10)14(13)15/h10-15H,1-9,17H2. The number of hydrogen-bond donors (Lipinski definition) is 1. The lowest BCUT2D eigenvalue weighted by Gasteiger charge is -2.32. The van der Waals surface area contributed by atoms with Crippen LogP contribution in [-0.4, -0.2) is 43.2 Å². The normalized spacial score (nSPS) is 42.9. The van der Waals surface area contributed by atoms with Crippen LogP contribution in [0.1, 0.15) is 32.1 Å². The number of amides is 1. The van der Waals surface area contributed by atoms with Crippen molar-refractivity contribution in [2.45, 2.75) is 38.2 Å². The topological polar surface area (TPSA) is 55.6 Å². The summed E-state index contributed by atoms with van der Waals surface area (Å²) in [5.74, 6) is 4.20. The SMILES string of the molecule is NCCOC1CCN(C(=O)C2C3C4CCC(C4)C23)CC1. The highest BCUT2D eigenvalue weighted by molar-refractivity contribution is 5.83. The van der Waals surface area contributed by atoms with Crippen molar-refractivity contribution in [3.8, 4) is 0 Å². The van der Waals surface area contributed by atoms with Gasteiger partial charge in [0.15, 0.2) is 0 Å². The quantitative estimate of drug-likeness (QED) is 0.842. The highest BCUT2D eigenvalue weighted by Crippen LogP contribution is 2.69. The fourth-order valence-corrected chi connectivity index (χ4v) is 5.34. The molecule has 4 aliphatic rings. The maximum atomic E-state index is 12.7. The molecule has 4 atom stereocenters. The van der Waals surface area contributed by atoms with Crippen LogP contribution in [0.25, 0.3) is 0 Å². The first-order valence-corrected chi connectivity index (χ1v) is 8.40. The fourth-order valence-electron chi connectivity index (χ4n) is 5.34. The molecule has 112 valence electrons. The smallest absolute Gasteiger partial charge is 0.226 e. The molecule has 1 amide bonds. The largest absolute Gasteiger partial charge is 0.377 e. The van der Waals surface area contributed by atoms with E-state index >= 15 is 0 Å². The Morgan fingerprint density at radius 1 is 1.10 bits per heavy atom. The predicted octanol–water partition coefficient (Wildman–Crippen LogP) is 1.24. The lowest BCUT2D eigenvalue weighted by molar-refractivity contribution is -0.136. The second-order valence-electron chi connectivity index (χ2n) is 7.20. The van der Waals surface area contributed by atoms with E-state index in [1.54, 1.807) is 0 Å². The highest BCUT2D eigenvalue weighted by Gasteiger charge is 2.67. The van der Waals surface area contributed by atoms with Crippen molar-refractivity contribution in [1.82, 2.24) is 4.90 Å². The first-order chi connectivity index (χ1) is 9.79. The molecule has 1 aliphatic heterocycles. The summed E-state index contributed by atoms with van der Waals surface area (Å²) >= 11 is 0. The molecule has 0 aromatic heterocycles. The van der Waals surface area contributed by atoms with Gasteiger partial charge in [0.2, 0.25) is 5.91 Å². The van der Waals surface area contributed by atoms with E-state index < -0.39 is 0 Å². The number of hydrogen-bond acceptors (Lipinski definition) is 3. The molecule has 0 radical (unpaired) electrons. The summed E-state index contributed by atoms with van der Waals surface area (Å²) in [5.41, 5.74) is 5.46. The van der Waals surface area contributed by atoms with Crippen LogP contribution in [0.2, 0.25) is 0 Å². The number of likely N-dealkylation sites (tertiary alicyclic amines) is 1. The van der Waals surface area contributed by atoms with Crippen molar-refractivity contribution in [1.29, 1.82) is 0 Å². The van der Waals surface area contributed by atoms with E-state index in [1.165, 1.54) is 19.3 Å². The van der Waals surface area contributed by atoms with Crippen LogP contribution < -0.4 is 5.73 Å². The first-order valence-electron chi connectivity index (χ1n) is 8.40. The van der Waals surface area contributed by atoms with Crippen LogP contribution in [0.15, 0.2) is 0 Å². The summed E-state index contributed by atoms with van der Waals surface area (Å²) in [6.45, 7) is 3.01. The van der Waals surface area contributed by atoms with Gasteiger partial charge in [0, 0.05) is 25.6 Å². The molecule has 1 heterocycles. The van der Waals surface area contributed by atoms with Crippen LogP contribution in [0.4, 0.5) is 0 Å². The van der Waals surface area contributed by atoms with Crippen LogP contribution in [-0.2, 0) is 9.53 Å². The van der Waals surface area contributed by atoms with Gasteiger partial charge in [-0.25, -0.2) is 0 Å². The van der Waals surface area contributed by atoms with Crippen LogP contribution in [0, 0.1) is 29.6 Å². The third kappa shape index (κ3) is 2.00. The van der Waals surface area contributed by atoms with E-state index in [9.17, 15) is 4.79 Å². The molecule has 2 bridgehead atoms. The Labute approximate surface area is 121 Å². The van der Waals surface area contributed by atoms with Gasteiger partial charge in [0.25, 0.3) is 0 Å². The number of carbonyl (C=O) groups is 1. The second-order valence-corrected chi connectivity index (χ2v) is 7.20. The van der Waals surface area contributed by atoms with Gasteiger partial charge in [0.1, 0.15) is 0 Å². The summed E-state index contributed by atoms with van der Waals surface area (Å²) in [6.07, 6.45) is 6.50. The Hall–Kier alpha value is -0.610. The number of carbonyl (C=O) groups excluding carboxylic acids is 1. The minimum absolute atomic E-state index is 0.317. The molecule has 4 rings (SSSR count). The Morgan fingerprint density at radius 3 is 2.35 bits per heavy atom. The zero-order valence-corrected chi connectivity index (χ0v) is 12.2. The van der Waals surface area contributed by atoms with E-state index in [0.717, 1.165) is 49.6 Å². The van der Waals surface area contributed by atoms with E-state index in [2.05, 4.69) is 4.90 Å². The molecule has 2 N–H and O–H groups in total. The molecule has 4 fully saturated rings. The van der Waals surface area contributed by atoms with E-state index in [0.29, 0.717) is 31.1 Å². The maximum absolute atomic E-state index is 12.7. The zero-order chi connectivity index (χ0) is 13.7. The molecule has 4 nitrogen and oxygen atoms in total. The number of piperidine rings is 1. The first kappa shape index (κ1) is 13.1. The Bertz CT molecular complexity index is 376. The fraction of sp³-hybridized carbons (Fsp3) is 0.938. The molecule has 20 heavy (non-hydrogen) atoms. The van der Waals surface area contributed by atoms with Crippen molar-refractivity contribution in [2.75, 3.05) is 26.2 Å². The molecular formula is C16H26N2O2. The van der Waals surface area contributed by atoms with Gasteiger partial charge in [-0.1, -0.05) is 0 Å². The molecule has 3 saturated carbocycles. The van der Waals surface area contributed by atoms with Crippen LogP contribution >= 0.6 is 0 Å². The lowest BCUT2D eigenvalue weighted by Crippen LogP contribution is -2.42. The lowest BCUT2D eigenvalue weighted by atomic mass is 10.0. The average molecular weight is 278 g/mol. The zero-order valence-electron chi connectivity index (χ0n) is 12.2. The number of fused-ring (bicyclic) bond motifs is 5. The van der Waals surface area contributed by atoms with Gasteiger partial charge in [-0.3, -0.25) is 4.79 Å². The van der Waals surface area contributed by atoms with E-state index in [4.69, 9.17) is 10.5 Å². The third-order valence-electron chi connectivity index (χ3n) is 6.25. The summed E-state index contributed by atoms with van der Waals surface area (Å²) in [7, 11) is 0. The Balaban J connectivity index is 1.29. The predicted molar refractivity (Wildman–Crippen MR) is 75.9 cm³/mol. The molecule has 0 aromatic rings. The monoisotopic (exact) mass is 278 g/mol. The van der Waals surface area contributed by atoms with Crippen molar-refractivity contribution in [3.05, 3.63) is 0 Å². The summed E-state index contributed by atoms with van der Waals surface area (Å²) in [5, 5.41) is 0. The van der Waals surface area contributed by atoms with Gasteiger partial charge in [0.05, 0.1) is 12.7 Å². The van der Waals surface area contributed by atoms with Gasteiger partial charge in [-0.05, 0) is 55.8 Å². The molecule has 4 heteroatoms. The van der Waals surface area contributed by atoms with Crippen molar-refractivity contribution in [2.24, 2.45) is 35.3 Å². The van der Waals surface area contributed by atoms with Gasteiger partial charge in [-0.2, -0.15) is 0 Å². The molecule has 1 saturated heterocycles. The minimum atomic E-state index is 0.317. The van der Waals surface area contributed by atoms with Crippen molar-refractivity contribution < 1.29 is 9.53 Å². The Morgan fingerprint density at radius 2 is 1.75 bits per heavy atom. The number of nitrogens with zero attached hydrogens (tertiary/aromatic N) is 1. The summed E-state index contributed by atoms with van der Waals surface area (Å²) < 4.78 is 5.69. The van der Waals surface area contributed by atoms with Gasteiger partial charge in [-0.15, -0.1) is 0 Å². The average Bonchev–Trinajstić information content (AvgIpc) is 2.92. The third-order valence-corrected chi connectivity index (χ3v) is 6.25. The highest BCUT2D eigenvalue weighted by atomic mass is 16.5. The number of nitrogens with two attached hydrogens (primary N) is 1. The van der Waals surface area contributed by atoms with Crippen LogP contribution in [0.5, 0.6) is 0 Å². The summed E-state index contributed by atoms with van der Waals surface area (Å²) in [4.78, 5) is 14.8. The molecule has 0 spiro atoms. The van der Waals surface area contributed by atoms with Crippen LogP contribution in [0.3, 0.4) is 0 Å². The minimum Gasteiger partial charge on any atom is -0.377 e. The van der Waals surface area contributed by atoms with Crippen molar-refractivity contribution in [3.63, 3.8) is 0 Å². The molecular weight excluding hydrogens is 252 g/mol.